The van der Waals surface area contributed by atoms with Crippen molar-refractivity contribution in [3.63, 3.8) is 0 Å². The summed E-state index contributed by atoms with van der Waals surface area (Å²) in [4.78, 5) is 14.3. The average molecular weight is 205 g/mol. The number of aromatic nitrogens is 1. The zero-order valence-electron chi connectivity index (χ0n) is 8.28. The highest BCUT2D eigenvalue weighted by Gasteiger charge is 2.10. The van der Waals surface area contributed by atoms with Gasteiger partial charge in [-0.1, -0.05) is 0 Å². The van der Waals surface area contributed by atoms with Crippen LogP contribution in [0, 0.1) is 0 Å². The van der Waals surface area contributed by atoms with Crippen molar-refractivity contribution >= 4 is 16.9 Å². The predicted octanol–water partition coefficient (Wildman–Crippen LogP) is 2.05. The third kappa shape index (κ3) is 1.66. The summed E-state index contributed by atoms with van der Waals surface area (Å²) in [5.74, 6) is -0.346. The maximum atomic E-state index is 11.4. The standard InChI is InChI=1S/C11H11NO3/c1-2-15-11(14)7-5-9-8(3-4-12-9)10(13)6-7/h3-6,12-13H,2H2,1H3. The lowest BCUT2D eigenvalue weighted by atomic mass is 10.1. The summed E-state index contributed by atoms with van der Waals surface area (Å²) < 4.78 is 4.84. The van der Waals surface area contributed by atoms with Gasteiger partial charge in [0.15, 0.2) is 0 Å². The molecule has 0 aliphatic heterocycles. The van der Waals surface area contributed by atoms with Crippen molar-refractivity contribution in [2.24, 2.45) is 0 Å². The van der Waals surface area contributed by atoms with Crippen molar-refractivity contribution in [1.29, 1.82) is 0 Å². The molecule has 2 aromatic rings. The Morgan fingerprint density at radius 3 is 3.07 bits per heavy atom. The van der Waals surface area contributed by atoms with E-state index in [9.17, 15) is 9.90 Å². The lowest BCUT2D eigenvalue weighted by molar-refractivity contribution is 0.0526. The highest BCUT2D eigenvalue weighted by atomic mass is 16.5. The number of benzene rings is 1. The van der Waals surface area contributed by atoms with Gasteiger partial charge in [-0.15, -0.1) is 0 Å². The molecular formula is C11H11NO3. The number of esters is 1. The molecule has 0 amide bonds. The van der Waals surface area contributed by atoms with Crippen molar-refractivity contribution in [2.75, 3.05) is 6.61 Å². The fourth-order valence-corrected chi connectivity index (χ4v) is 1.48. The monoisotopic (exact) mass is 205 g/mol. The summed E-state index contributed by atoms with van der Waals surface area (Å²) in [6.45, 7) is 2.06. The highest BCUT2D eigenvalue weighted by molar-refractivity contribution is 5.97. The van der Waals surface area contributed by atoms with Gasteiger partial charge >= 0.3 is 5.97 Å². The summed E-state index contributed by atoms with van der Waals surface area (Å²) in [7, 11) is 0. The molecule has 0 atom stereocenters. The van der Waals surface area contributed by atoms with Crippen molar-refractivity contribution < 1.29 is 14.6 Å². The van der Waals surface area contributed by atoms with Gasteiger partial charge in [0.2, 0.25) is 0 Å². The summed E-state index contributed by atoms with van der Waals surface area (Å²) >= 11 is 0. The third-order valence-electron chi connectivity index (χ3n) is 2.16. The number of aromatic hydroxyl groups is 1. The van der Waals surface area contributed by atoms with Gasteiger partial charge in [0.05, 0.1) is 12.2 Å². The van der Waals surface area contributed by atoms with E-state index in [0.29, 0.717) is 17.6 Å². The minimum absolute atomic E-state index is 0.0804. The SMILES string of the molecule is CCOC(=O)c1cc(O)c2cc[nH]c2c1. The molecule has 1 heterocycles. The average Bonchev–Trinajstić information content (AvgIpc) is 2.66. The summed E-state index contributed by atoms with van der Waals surface area (Å²) in [5, 5.41) is 10.3. The Kier molecular flexibility index (Phi) is 2.33. The molecular weight excluding hydrogens is 194 g/mol. The molecule has 0 saturated carbocycles. The molecule has 15 heavy (non-hydrogen) atoms. The molecule has 0 spiro atoms. The number of phenolic OH excluding ortho intramolecular Hbond substituents is 1. The molecule has 78 valence electrons. The number of nitrogens with one attached hydrogen (secondary N) is 1. The number of aromatic amines is 1. The summed E-state index contributed by atoms with van der Waals surface area (Å²) in [5.41, 5.74) is 1.07. The minimum Gasteiger partial charge on any atom is -0.507 e. The number of H-pyrrole nitrogens is 1. The second-order valence-corrected chi connectivity index (χ2v) is 3.15. The van der Waals surface area contributed by atoms with Gasteiger partial charge in [0.1, 0.15) is 5.75 Å². The smallest absolute Gasteiger partial charge is 0.338 e. The van der Waals surface area contributed by atoms with Crippen LogP contribution in [-0.4, -0.2) is 22.7 Å². The molecule has 2 N–H and O–H groups in total. The van der Waals surface area contributed by atoms with Gasteiger partial charge < -0.3 is 14.8 Å². The first-order chi connectivity index (χ1) is 7.22. The number of fused-ring (bicyclic) bond motifs is 1. The first-order valence-corrected chi connectivity index (χ1v) is 4.69. The van der Waals surface area contributed by atoms with Crippen LogP contribution >= 0.6 is 0 Å². The van der Waals surface area contributed by atoms with Crippen LogP contribution in [-0.2, 0) is 4.74 Å². The Morgan fingerprint density at radius 1 is 1.53 bits per heavy atom. The van der Waals surface area contributed by atoms with Crippen LogP contribution in [0.25, 0.3) is 10.9 Å². The van der Waals surface area contributed by atoms with Crippen molar-refractivity contribution in [3.8, 4) is 5.75 Å². The van der Waals surface area contributed by atoms with E-state index >= 15 is 0 Å². The molecule has 1 aromatic heterocycles. The van der Waals surface area contributed by atoms with Crippen LogP contribution in [0.4, 0.5) is 0 Å². The van der Waals surface area contributed by atoms with Crippen molar-refractivity contribution in [2.45, 2.75) is 6.92 Å². The largest absolute Gasteiger partial charge is 0.507 e. The van der Waals surface area contributed by atoms with Crippen LogP contribution in [0.2, 0.25) is 0 Å². The zero-order valence-corrected chi connectivity index (χ0v) is 8.28. The Balaban J connectivity index is 2.49. The number of carbonyl (C=O) groups is 1. The highest BCUT2D eigenvalue weighted by Crippen LogP contribution is 2.25. The number of ether oxygens (including phenoxy) is 1. The van der Waals surface area contributed by atoms with E-state index < -0.39 is 5.97 Å². The molecule has 0 aliphatic carbocycles. The van der Waals surface area contributed by atoms with E-state index in [-0.39, 0.29) is 5.75 Å². The number of hydrogen-bond donors (Lipinski definition) is 2. The number of hydrogen-bond acceptors (Lipinski definition) is 3. The van der Waals surface area contributed by atoms with Crippen LogP contribution in [0.1, 0.15) is 17.3 Å². The van der Waals surface area contributed by atoms with E-state index in [1.54, 1.807) is 25.3 Å². The van der Waals surface area contributed by atoms with Crippen LogP contribution in [0.15, 0.2) is 24.4 Å². The van der Waals surface area contributed by atoms with Crippen LogP contribution < -0.4 is 0 Å². The van der Waals surface area contributed by atoms with Crippen molar-refractivity contribution in [1.82, 2.24) is 4.98 Å². The molecule has 0 aliphatic rings. The first kappa shape index (κ1) is 9.58. The molecule has 4 heteroatoms. The molecule has 1 aromatic carbocycles. The number of carbonyl (C=O) groups excluding carboxylic acids is 1. The van der Waals surface area contributed by atoms with Crippen molar-refractivity contribution in [3.05, 3.63) is 30.0 Å². The maximum Gasteiger partial charge on any atom is 0.338 e. The Hall–Kier alpha value is -1.97. The van der Waals surface area contributed by atoms with E-state index in [0.717, 1.165) is 5.52 Å². The van der Waals surface area contributed by atoms with Crippen LogP contribution in [0.3, 0.4) is 0 Å². The molecule has 0 radical (unpaired) electrons. The van der Waals surface area contributed by atoms with Gasteiger partial charge in [-0.2, -0.15) is 0 Å². The van der Waals surface area contributed by atoms with E-state index in [1.165, 1.54) is 6.07 Å². The van der Waals surface area contributed by atoms with Gasteiger partial charge in [-0.05, 0) is 25.1 Å². The first-order valence-electron chi connectivity index (χ1n) is 4.69. The van der Waals surface area contributed by atoms with Gasteiger partial charge in [0.25, 0.3) is 0 Å². The predicted molar refractivity (Wildman–Crippen MR) is 55.9 cm³/mol. The summed E-state index contributed by atoms with van der Waals surface area (Å²) in [6.07, 6.45) is 1.71. The second kappa shape index (κ2) is 3.65. The van der Waals surface area contributed by atoms with E-state index in [4.69, 9.17) is 4.74 Å². The summed E-state index contributed by atoms with van der Waals surface area (Å²) in [6, 6.07) is 4.82. The zero-order chi connectivity index (χ0) is 10.8. The van der Waals surface area contributed by atoms with E-state index in [2.05, 4.69) is 4.98 Å². The fourth-order valence-electron chi connectivity index (χ4n) is 1.48. The maximum absolute atomic E-state index is 11.4. The van der Waals surface area contributed by atoms with Gasteiger partial charge in [0, 0.05) is 17.1 Å². The number of rotatable bonds is 2. The van der Waals surface area contributed by atoms with Crippen LogP contribution in [0.5, 0.6) is 5.75 Å². The number of phenols is 1. The molecule has 2 rings (SSSR count). The molecule has 0 bridgehead atoms. The normalized spacial score (nSPS) is 10.5. The lowest BCUT2D eigenvalue weighted by Crippen LogP contribution is -2.04. The van der Waals surface area contributed by atoms with Gasteiger partial charge in [-0.3, -0.25) is 0 Å². The topological polar surface area (TPSA) is 62.3 Å². The molecule has 0 saturated heterocycles. The third-order valence-corrected chi connectivity index (χ3v) is 2.16. The Morgan fingerprint density at radius 2 is 2.33 bits per heavy atom. The molecule has 0 unspecified atom stereocenters. The lowest BCUT2D eigenvalue weighted by Gasteiger charge is -2.03. The molecule has 4 nitrogen and oxygen atoms in total. The van der Waals surface area contributed by atoms with E-state index in [1.807, 2.05) is 0 Å². The minimum atomic E-state index is -0.427. The Labute approximate surface area is 86.5 Å². The fraction of sp³-hybridized carbons (Fsp3) is 0.182. The quantitative estimate of drug-likeness (QED) is 0.737. The second-order valence-electron chi connectivity index (χ2n) is 3.15. The van der Waals surface area contributed by atoms with Gasteiger partial charge in [-0.25, -0.2) is 4.79 Å². The molecule has 0 fully saturated rings. The Bertz CT molecular complexity index is 502.